The van der Waals surface area contributed by atoms with Gasteiger partial charge in [-0.1, -0.05) is 51.4 Å². The van der Waals surface area contributed by atoms with E-state index in [4.69, 9.17) is 9.47 Å². The van der Waals surface area contributed by atoms with E-state index in [9.17, 15) is 9.59 Å². The Hall–Kier alpha value is -1.06. The molecule has 4 nitrogen and oxygen atoms in total. The summed E-state index contributed by atoms with van der Waals surface area (Å²) in [5, 5.41) is 0. The Morgan fingerprint density at radius 2 is 1.00 bits per heavy atom. The molecule has 2 heterocycles. The molecule has 0 bridgehead atoms. The lowest BCUT2D eigenvalue weighted by atomic mass is 9.83. The molecule has 0 aromatic heterocycles. The Morgan fingerprint density at radius 1 is 0.667 bits per heavy atom. The molecule has 2 aliphatic heterocycles. The smallest absolute Gasteiger partial charge is 0.311 e. The van der Waals surface area contributed by atoms with E-state index in [1.807, 2.05) is 13.8 Å². The van der Waals surface area contributed by atoms with Crippen LogP contribution in [-0.2, 0) is 19.1 Å². The predicted molar refractivity (Wildman–Crippen MR) is 93.5 cm³/mol. The van der Waals surface area contributed by atoms with Crippen LogP contribution in [0.15, 0.2) is 0 Å². The van der Waals surface area contributed by atoms with Gasteiger partial charge in [0.2, 0.25) is 0 Å². The predicted octanol–water partition coefficient (Wildman–Crippen LogP) is 4.79. The van der Waals surface area contributed by atoms with Crippen molar-refractivity contribution >= 4 is 11.9 Å². The molecule has 2 aliphatic rings. The molecule has 2 fully saturated rings. The van der Waals surface area contributed by atoms with Gasteiger partial charge >= 0.3 is 11.9 Å². The molecular weight excluding hydrogens is 304 g/mol. The maximum absolute atomic E-state index is 11.6. The third kappa shape index (κ3) is 5.22. The summed E-state index contributed by atoms with van der Waals surface area (Å²) in [6.07, 6.45) is 13.5. The van der Waals surface area contributed by atoms with E-state index in [0.29, 0.717) is 13.2 Å². The number of rotatable bonds is 11. The molecule has 0 N–H and O–H groups in total. The van der Waals surface area contributed by atoms with E-state index in [-0.39, 0.29) is 22.8 Å². The van der Waals surface area contributed by atoms with Crippen LogP contribution >= 0.6 is 0 Å². The first-order valence-electron chi connectivity index (χ1n) is 9.81. The molecule has 0 saturated carbocycles. The summed E-state index contributed by atoms with van der Waals surface area (Å²) in [5.41, 5.74) is -0.422. The zero-order valence-electron chi connectivity index (χ0n) is 15.5. The Labute approximate surface area is 146 Å². The van der Waals surface area contributed by atoms with Crippen molar-refractivity contribution in [1.82, 2.24) is 0 Å². The van der Waals surface area contributed by atoms with E-state index in [1.165, 1.54) is 38.5 Å². The van der Waals surface area contributed by atoms with Crippen LogP contribution in [0, 0.1) is 10.8 Å². The Kier molecular flexibility index (Phi) is 7.12. The molecule has 0 aromatic carbocycles. The van der Waals surface area contributed by atoms with Gasteiger partial charge in [0.15, 0.2) is 0 Å². The number of cyclic esters (lactones) is 2. The monoisotopic (exact) mass is 338 g/mol. The van der Waals surface area contributed by atoms with E-state index in [0.717, 1.165) is 38.5 Å². The van der Waals surface area contributed by atoms with Gasteiger partial charge in [-0.15, -0.1) is 0 Å². The van der Waals surface area contributed by atoms with Crippen LogP contribution in [0.5, 0.6) is 0 Å². The average molecular weight is 338 g/mol. The van der Waals surface area contributed by atoms with Gasteiger partial charge in [0.1, 0.15) is 0 Å². The number of hydrogen-bond donors (Lipinski definition) is 0. The van der Waals surface area contributed by atoms with Crippen molar-refractivity contribution in [1.29, 1.82) is 0 Å². The van der Waals surface area contributed by atoms with Crippen LogP contribution in [0.3, 0.4) is 0 Å². The molecule has 24 heavy (non-hydrogen) atoms. The van der Waals surface area contributed by atoms with Gasteiger partial charge in [0, 0.05) is 0 Å². The quantitative estimate of drug-likeness (QED) is 0.401. The summed E-state index contributed by atoms with van der Waals surface area (Å²) in [6.45, 7) is 5.30. The fourth-order valence-electron chi connectivity index (χ4n) is 3.84. The molecule has 2 atom stereocenters. The second-order valence-electron chi connectivity index (χ2n) is 8.22. The first kappa shape index (κ1) is 19.3. The van der Waals surface area contributed by atoms with Crippen molar-refractivity contribution in [2.24, 2.45) is 10.8 Å². The topological polar surface area (TPSA) is 52.6 Å². The van der Waals surface area contributed by atoms with Crippen LogP contribution in [0.2, 0.25) is 0 Å². The minimum absolute atomic E-state index is 0.00217. The Balaban J connectivity index is 1.41. The van der Waals surface area contributed by atoms with E-state index < -0.39 is 0 Å². The largest absolute Gasteiger partial charge is 0.465 e. The van der Waals surface area contributed by atoms with E-state index >= 15 is 0 Å². The number of esters is 2. The lowest BCUT2D eigenvalue weighted by molar-refractivity contribution is -0.146. The number of ether oxygens (including phenoxy) is 2. The zero-order valence-corrected chi connectivity index (χ0v) is 15.5. The fourth-order valence-corrected chi connectivity index (χ4v) is 3.84. The fraction of sp³-hybridized carbons (Fsp3) is 0.900. The first-order chi connectivity index (χ1) is 11.5. The highest BCUT2D eigenvalue weighted by Crippen LogP contribution is 2.36. The number of unbranched alkanes of at least 4 members (excludes halogenated alkanes) is 7. The minimum atomic E-state index is -0.211. The molecule has 0 aromatic rings. The van der Waals surface area contributed by atoms with Crippen molar-refractivity contribution in [2.45, 2.75) is 90.9 Å². The third-order valence-electron chi connectivity index (χ3n) is 5.97. The highest BCUT2D eigenvalue weighted by Gasteiger charge is 2.39. The Bertz CT molecular complexity index is 393. The summed E-state index contributed by atoms with van der Waals surface area (Å²) in [5.74, 6) is 0.00433. The molecule has 2 rings (SSSR count). The van der Waals surface area contributed by atoms with E-state index in [2.05, 4.69) is 0 Å². The van der Waals surface area contributed by atoms with Crippen LogP contribution in [0.25, 0.3) is 0 Å². The van der Waals surface area contributed by atoms with Crippen molar-refractivity contribution < 1.29 is 19.1 Å². The number of carbonyl (C=O) groups excluding carboxylic acids is 2. The second kappa shape index (κ2) is 8.87. The first-order valence-corrected chi connectivity index (χ1v) is 9.81. The van der Waals surface area contributed by atoms with Crippen LogP contribution in [-0.4, -0.2) is 25.2 Å². The van der Waals surface area contributed by atoms with Gasteiger partial charge in [0.05, 0.1) is 24.0 Å². The van der Waals surface area contributed by atoms with Crippen molar-refractivity contribution in [3.63, 3.8) is 0 Å². The van der Waals surface area contributed by atoms with Gasteiger partial charge in [-0.25, -0.2) is 0 Å². The van der Waals surface area contributed by atoms with Crippen molar-refractivity contribution in [3.8, 4) is 0 Å². The summed E-state index contributed by atoms with van der Waals surface area (Å²) in [6, 6.07) is 0. The molecule has 0 amide bonds. The van der Waals surface area contributed by atoms with Gasteiger partial charge in [0.25, 0.3) is 0 Å². The molecule has 0 aliphatic carbocycles. The molecule has 138 valence electrons. The number of carbonyl (C=O) groups is 2. The highest BCUT2D eigenvalue weighted by molar-refractivity contribution is 5.78. The lowest BCUT2D eigenvalue weighted by Gasteiger charge is -2.18. The molecular formula is C20H34O4. The summed E-state index contributed by atoms with van der Waals surface area (Å²) in [7, 11) is 0. The second-order valence-corrected chi connectivity index (χ2v) is 8.22. The van der Waals surface area contributed by atoms with Gasteiger partial charge < -0.3 is 9.47 Å². The van der Waals surface area contributed by atoms with Gasteiger partial charge in [-0.05, 0) is 39.5 Å². The van der Waals surface area contributed by atoms with Crippen molar-refractivity contribution in [3.05, 3.63) is 0 Å². The summed E-state index contributed by atoms with van der Waals surface area (Å²) < 4.78 is 10.2. The van der Waals surface area contributed by atoms with E-state index in [1.54, 1.807) is 0 Å². The summed E-state index contributed by atoms with van der Waals surface area (Å²) >= 11 is 0. The zero-order chi connectivity index (χ0) is 17.5. The van der Waals surface area contributed by atoms with Gasteiger partial charge in [-0.3, -0.25) is 9.59 Å². The van der Waals surface area contributed by atoms with Crippen molar-refractivity contribution in [2.75, 3.05) is 13.2 Å². The molecule has 0 radical (unpaired) electrons. The third-order valence-corrected chi connectivity index (χ3v) is 5.97. The standard InChI is InChI=1S/C20H34O4/c1-19(13-15-23-17(19)21)11-9-7-5-3-4-6-8-10-12-20(2)14-16-24-18(20)22/h3-16H2,1-2H3/t19-,20-/m0/s1. The average Bonchev–Trinajstić information content (AvgIpc) is 3.05. The minimum Gasteiger partial charge on any atom is -0.465 e. The van der Waals surface area contributed by atoms with Gasteiger partial charge in [-0.2, -0.15) is 0 Å². The number of hydrogen-bond acceptors (Lipinski definition) is 4. The SMILES string of the molecule is C[C@]1(CCCCCCCCCC[C@@]2(C)CCOC2=O)CCOC1=O. The lowest BCUT2D eigenvalue weighted by Crippen LogP contribution is -2.22. The molecule has 0 spiro atoms. The van der Waals surface area contributed by atoms with Crippen LogP contribution in [0.1, 0.15) is 90.9 Å². The Morgan fingerprint density at radius 3 is 1.29 bits per heavy atom. The maximum Gasteiger partial charge on any atom is 0.311 e. The molecule has 2 saturated heterocycles. The molecule has 4 heteroatoms. The maximum atomic E-state index is 11.6. The van der Waals surface area contributed by atoms with Crippen LogP contribution in [0.4, 0.5) is 0 Å². The highest BCUT2D eigenvalue weighted by atomic mass is 16.5. The molecule has 0 unspecified atom stereocenters. The van der Waals surface area contributed by atoms with Crippen LogP contribution < -0.4 is 0 Å². The summed E-state index contributed by atoms with van der Waals surface area (Å²) in [4.78, 5) is 23.3. The normalized spacial score (nSPS) is 29.8.